The van der Waals surface area contributed by atoms with Crippen LogP contribution in [-0.2, 0) is 0 Å². The van der Waals surface area contributed by atoms with Gasteiger partial charge < -0.3 is 5.32 Å². The van der Waals surface area contributed by atoms with Crippen LogP contribution in [0, 0.1) is 17.8 Å². The van der Waals surface area contributed by atoms with E-state index in [-0.39, 0.29) is 0 Å². The summed E-state index contributed by atoms with van der Waals surface area (Å²) >= 11 is 0. The van der Waals surface area contributed by atoms with Crippen LogP contribution < -0.4 is 5.32 Å². The SMILES string of the molecule is CCCCCCCCCC(C=CNC)CCCCCCCC1CC1CCCCCCCC. The molecule has 1 rings (SSSR count). The second kappa shape index (κ2) is 22.3. The Labute approximate surface area is 204 Å². The summed E-state index contributed by atoms with van der Waals surface area (Å²) in [6.45, 7) is 4.62. The van der Waals surface area contributed by atoms with E-state index in [0.29, 0.717) is 0 Å². The summed E-state index contributed by atoms with van der Waals surface area (Å²) in [6, 6.07) is 0. The molecule has 1 fully saturated rings. The predicted molar refractivity (Wildman–Crippen MR) is 146 cm³/mol. The van der Waals surface area contributed by atoms with Crippen molar-refractivity contribution in [3.8, 4) is 0 Å². The summed E-state index contributed by atoms with van der Waals surface area (Å²) in [6.07, 6.45) is 38.1. The molecule has 190 valence electrons. The smallest absolute Gasteiger partial charge is 0.00276 e. The molecule has 0 heterocycles. The van der Waals surface area contributed by atoms with Gasteiger partial charge in [0, 0.05) is 7.05 Å². The fraction of sp³-hybridized carbons (Fsp3) is 0.935. The van der Waals surface area contributed by atoms with E-state index in [1.807, 2.05) is 7.05 Å². The van der Waals surface area contributed by atoms with Crippen molar-refractivity contribution in [2.24, 2.45) is 17.8 Å². The Kier molecular flexibility index (Phi) is 20.6. The Balaban J connectivity index is 1.92. The van der Waals surface area contributed by atoms with Crippen molar-refractivity contribution in [3.05, 3.63) is 12.3 Å². The molecule has 0 aromatic carbocycles. The summed E-state index contributed by atoms with van der Waals surface area (Å²) < 4.78 is 0. The zero-order valence-electron chi connectivity index (χ0n) is 22.7. The third kappa shape index (κ3) is 18.0. The average molecular weight is 448 g/mol. The molecule has 0 aromatic heterocycles. The zero-order chi connectivity index (χ0) is 23.1. The lowest BCUT2D eigenvalue weighted by Crippen LogP contribution is -2.01. The molecule has 3 unspecified atom stereocenters. The van der Waals surface area contributed by atoms with Crippen LogP contribution in [0.5, 0.6) is 0 Å². The second-order valence-electron chi connectivity index (χ2n) is 11.0. The first-order chi connectivity index (χ1) is 15.8. The van der Waals surface area contributed by atoms with Crippen LogP contribution in [0.3, 0.4) is 0 Å². The van der Waals surface area contributed by atoms with Crippen molar-refractivity contribution in [2.75, 3.05) is 7.05 Å². The Morgan fingerprint density at radius 3 is 1.44 bits per heavy atom. The number of rotatable bonds is 25. The van der Waals surface area contributed by atoms with Gasteiger partial charge in [-0.15, -0.1) is 0 Å². The van der Waals surface area contributed by atoms with E-state index >= 15 is 0 Å². The summed E-state index contributed by atoms with van der Waals surface area (Å²) in [4.78, 5) is 0. The Hall–Kier alpha value is -0.460. The number of hydrogen-bond acceptors (Lipinski definition) is 1. The highest BCUT2D eigenvalue weighted by molar-refractivity contribution is 4.86. The molecule has 1 heteroatoms. The van der Waals surface area contributed by atoms with Crippen molar-refractivity contribution in [2.45, 2.75) is 162 Å². The van der Waals surface area contributed by atoms with E-state index in [1.54, 1.807) is 6.42 Å². The maximum Gasteiger partial charge on any atom is 0.00276 e. The van der Waals surface area contributed by atoms with E-state index < -0.39 is 0 Å². The molecule has 0 radical (unpaired) electrons. The third-order valence-corrected chi connectivity index (χ3v) is 7.86. The fourth-order valence-corrected chi connectivity index (χ4v) is 5.48. The molecule has 1 nitrogen and oxygen atoms in total. The molecule has 0 spiro atoms. The maximum absolute atomic E-state index is 3.20. The minimum absolute atomic E-state index is 0.798. The van der Waals surface area contributed by atoms with Gasteiger partial charge in [-0.2, -0.15) is 0 Å². The van der Waals surface area contributed by atoms with Gasteiger partial charge in [0.25, 0.3) is 0 Å². The van der Waals surface area contributed by atoms with Gasteiger partial charge in [-0.05, 0) is 43.2 Å². The van der Waals surface area contributed by atoms with Gasteiger partial charge in [0.2, 0.25) is 0 Å². The largest absolute Gasteiger partial charge is 0.394 e. The van der Waals surface area contributed by atoms with Crippen LogP contribution in [0.25, 0.3) is 0 Å². The second-order valence-corrected chi connectivity index (χ2v) is 11.0. The molecule has 1 N–H and O–H groups in total. The highest BCUT2D eigenvalue weighted by Crippen LogP contribution is 2.45. The predicted octanol–water partition coefficient (Wildman–Crippen LogP) is 10.6. The average Bonchev–Trinajstić information content (AvgIpc) is 3.55. The van der Waals surface area contributed by atoms with Gasteiger partial charge >= 0.3 is 0 Å². The Morgan fingerprint density at radius 1 is 0.594 bits per heavy atom. The van der Waals surface area contributed by atoms with Crippen molar-refractivity contribution in [3.63, 3.8) is 0 Å². The van der Waals surface area contributed by atoms with Crippen LogP contribution in [0.4, 0.5) is 0 Å². The van der Waals surface area contributed by atoms with Crippen molar-refractivity contribution < 1.29 is 0 Å². The Morgan fingerprint density at radius 2 is 1.00 bits per heavy atom. The first-order valence-electron chi connectivity index (χ1n) is 15.2. The summed E-state index contributed by atoms with van der Waals surface area (Å²) in [5.74, 6) is 3.03. The summed E-state index contributed by atoms with van der Waals surface area (Å²) in [5.41, 5.74) is 0. The van der Waals surface area contributed by atoms with Gasteiger partial charge in [-0.3, -0.25) is 0 Å². The molecule has 1 saturated carbocycles. The first kappa shape index (κ1) is 29.6. The lowest BCUT2D eigenvalue weighted by Gasteiger charge is -2.13. The topological polar surface area (TPSA) is 12.0 Å². The van der Waals surface area contributed by atoms with Crippen LogP contribution in [-0.4, -0.2) is 7.05 Å². The first-order valence-corrected chi connectivity index (χ1v) is 15.2. The van der Waals surface area contributed by atoms with Crippen molar-refractivity contribution >= 4 is 0 Å². The molecule has 32 heavy (non-hydrogen) atoms. The van der Waals surface area contributed by atoms with Crippen LogP contribution in [0.1, 0.15) is 162 Å². The minimum Gasteiger partial charge on any atom is -0.394 e. The molecule has 3 atom stereocenters. The highest BCUT2D eigenvalue weighted by atomic mass is 14.8. The molecule has 0 amide bonds. The molecular weight excluding hydrogens is 386 g/mol. The van der Waals surface area contributed by atoms with E-state index in [9.17, 15) is 0 Å². The molecule has 0 saturated heterocycles. The minimum atomic E-state index is 0.798. The molecule has 0 aromatic rings. The van der Waals surface area contributed by atoms with Gasteiger partial charge in [0.15, 0.2) is 0 Å². The molecular formula is C31H61N. The summed E-state index contributed by atoms with van der Waals surface area (Å²) in [7, 11) is 2.03. The van der Waals surface area contributed by atoms with E-state index in [0.717, 1.165) is 17.8 Å². The molecule has 1 aliphatic rings. The van der Waals surface area contributed by atoms with Gasteiger partial charge in [-0.25, -0.2) is 0 Å². The van der Waals surface area contributed by atoms with Gasteiger partial charge in [0.05, 0.1) is 0 Å². The maximum atomic E-state index is 3.20. The highest BCUT2D eigenvalue weighted by Gasteiger charge is 2.34. The van der Waals surface area contributed by atoms with Crippen molar-refractivity contribution in [1.29, 1.82) is 0 Å². The van der Waals surface area contributed by atoms with Crippen molar-refractivity contribution in [1.82, 2.24) is 5.32 Å². The number of allylic oxidation sites excluding steroid dienone is 1. The van der Waals surface area contributed by atoms with E-state index in [1.165, 1.54) is 141 Å². The van der Waals surface area contributed by atoms with E-state index in [2.05, 4.69) is 31.4 Å². The fourth-order valence-electron chi connectivity index (χ4n) is 5.48. The number of unbranched alkanes of at least 4 members (excludes halogenated alkanes) is 15. The molecule has 1 aliphatic carbocycles. The van der Waals surface area contributed by atoms with Gasteiger partial charge in [-0.1, -0.05) is 148 Å². The number of hydrogen-bond donors (Lipinski definition) is 1. The number of nitrogens with one attached hydrogen (secondary N) is 1. The molecule has 0 bridgehead atoms. The normalized spacial score (nSPS) is 19.0. The molecule has 0 aliphatic heterocycles. The van der Waals surface area contributed by atoms with E-state index in [4.69, 9.17) is 0 Å². The lowest BCUT2D eigenvalue weighted by molar-refractivity contribution is 0.460. The van der Waals surface area contributed by atoms with Gasteiger partial charge in [0.1, 0.15) is 0 Å². The zero-order valence-corrected chi connectivity index (χ0v) is 22.7. The Bertz CT molecular complexity index is 401. The summed E-state index contributed by atoms with van der Waals surface area (Å²) in [5, 5.41) is 3.20. The van der Waals surface area contributed by atoms with Crippen LogP contribution in [0.2, 0.25) is 0 Å². The standard InChI is InChI=1S/C31H61N/c1-4-6-8-10-12-14-18-22-29(26-27-32-3)23-19-15-13-17-21-25-31-28-30(31)24-20-16-11-9-7-5-2/h26-27,29-32H,4-25,28H2,1-3H3. The van der Waals surface area contributed by atoms with Crippen LogP contribution in [0.15, 0.2) is 12.3 Å². The third-order valence-electron chi connectivity index (χ3n) is 7.86. The lowest BCUT2D eigenvalue weighted by atomic mass is 9.94. The van der Waals surface area contributed by atoms with Crippen LogP contribution >= 0.6 is 0 Å². The monoisotopic (exact) mass is 447 g/mol. The quantitative estimate of drug-likeness (QED) is 0.137.